The molecule has 8 heteroatoms. The van der Waals surface area contributed by atoms with Crippen LogP contribution in [-0.4, -0.2) is 62.6 Å². The first-order chi connectivity index (χ1) is 16.5. The van der Waals surface area contributed by atoms with Crippen LogP contribution < -0.4 is 5.32 Å². The van der Waals surface area contributed by atoms with Gasteiger partial charge in [-0.3, -0.25) is 14.4 Å². The van der Waals surface area contributed by atoms with Gasteiger partial charge in [0.2, 0.25) is 11.8 Å². The third-order valence-electron chi connectivity index (χ3n) is 8.00. The Hall–Kier alpha value is -2.06. The molecule has 0 radical (unpaired) electrons. The van der Waals surface area contributed by atoms with Gasteiger partial charge in [-0.25, -0.2) is 0 Å². The third kappa shape index (κ3) is 4.16. The molecule has 3 aliphatic heterocycles. The number of fused-ring (bicyclic) bond motifs is 1. The maximum atomic E-state index is 14.1. The van der Waals surface area contributed by atoms with Crippen molar-refractivity contribution in [3.63, 3.8) is 0 Å². The van der Waals surface area contributed by atoms with Crippen molar-refractivity contribution in [1.82, 2.24) is 4.90 Å². The summed E-state index contributed by atoms with van der Waals surface area (Å²) in [6, 6.07) is 4.62. The van der Waals surface area contributed by atoms with Crippen molar-refractivity contribution in [3.8, 4) is 0 Å². The Morgan fingerprint density at radius 3 is 2.63 bits per heavy atom. The summed E-state index contributed by atoms with van der Waals surface area (Å²) in [7, 11) is 0. The Balaban J connectivity index is 1.79. The van der Waals surface area contributed by atoms with E-state index in [1.54, 1.807) is 23.6 Å². The number of nitrogens with zero attached hydrogens (tertiary/aromatic N) is 1. The summed E-state index contributed by atoms with van der Waals surface area (Å²) in [6.45, 7) is 11.8. The second-order valence-electron chi connectivity index (χ2n) is 11.0. The van der Waals surface area contributed by atoms with Crippen molar-refractivity contribution in [3.05, 3.63) is 29.3 Å². The number of likely N-dealkylation sites (tertiary alicyclic amines) is 1. The molecule has 3 aliphatic rings. The summed E-state index contributed by atoms with van der Waals surface area (Å²) in [5, 5.41) is 13.4. The Bertz CT molecular complexity index is 1030. The van der Waals surface area contributed by atoms with Gasteiger partial charge in [0.1, 0.15) is 6.04 Å². The van der Waals surface area contributed by atoms with Crippen molar-refractivity contribution in [2.24, 2.45) is 17.8 Å². The molecule has 3 saturated heterocycles. The maximum absolute atomic E-state index is 14.1. The van der Waals surface area contributed by atoms with E-state index in [2.05, 4.69) is 5.32 Å². The van der Waals surface area contributed by atoms with Gasteiger partial charge >= 0.3 is 5.97 Å². The highest BCUT2D eigenvalue weighted by Crippen LogP contribution is 2.71. The highest BCUT2D eigenvalue weighted by molar-refractivity contribution is 8.02. The number of thioether (sulfide) groups is 1. The molecule has 2 bridgehead atoms. The minimum Gasteiger partial charge on any atom is -0.466 e. The molecule has 7 nitrogen and oxygen atoms in total. The van der Waals surface area contributed by atoms with E-state index < -0.39 is 33.4 Å². The van der Waals surface area contributed by atoms with Crippen molar-refractivity contribution >= 4 is 35.2 Å². The quantitative estimate of drug-likeness (QED) is 0.527. The largest absolute Gasteiger partial charge is 0.466 e. The van der Waals surface area contributed by atoms with Gasteiger partial charge in [-0.2, -0.15) is 0 Å². The van der Waals surface area contributed by atoms with E-state index in [1.807, 2.05) is 52.8 Å². The molecule has 1 spiro atoms. The van der Waals surface area contributed by atoms with Crippen LogP contribution in [0.1, 0.15) is 58.1 Å². The third-order valence-corrected chi connectivity index (χ3v) is 9.99. The van der Waals surface area contributed by atoms with Crippen molar-refractivity contribution in [1.29, 1.82) is 0 Å². The lowest BCUT2D eigenvalue weighted by molar-refractivity contribution is -0.155. The number of esters is 1. The lowest BCUT2D eigenvalue weighted by atomic mass is 9.66. The molecule has 4 rings (SSSR count). The zero-order valence-corrected chi connectivity index (χ0v) is 22.4. The van der Waals surface area contributed by atoms with Gasteiger partial charge in [0.05, 0.1) is 35.8 Å². The SMILES string of the molecule is CCOC(=O)[C@H]1[C@H]2C(=O)N([C@@H](CO)CC(C)C)C(C(=O)Nc3cc(C)ccc3C)C23CC[C@]1(C)S3. The van der Waals surface area contributed by atoms with Gasteiger partial charge in [0.25, 0.3) is 0 Å². The summed E-state index contributed by atoms with van der Waals surface area (Å²) in [4.78, 5) is 42.9. The molecule has 1 aromatic rings. The number of benzene rings is 1. The second-order valence-corrected chi connectivity index (χ2v) is 12.9. The molecule has 0 aliphatic carbocycles. The first kappa shape index (κ1) is 26.0. The normalized spacial score (nSPS) is 32.2. The van der Waals surface area contributed by atoms with Crippen LogP contribution in [0.2, 0.25) is 0 Å². The van der Waals surface area contributed by atoms with Gasteiger partial charge in [-0.15, -0.1) is 11.8 Å². The van der Waals surface area contributed by atoms with Crippen LogP contribution in [0.25, 0.3) is 0 Å². The van der Waals surface area contributed by atoms with E-state index in [4.69, 9.17) is 4.74 Å². The number of rotatable bonds is 8. The molecule has 6 atom stereocenters. The van der Waals surface area contributed by atoms with Crippen LogP contribution >= 0.6 is 11.8 Å². The van der Waals surface area contributed by atoms with Crippen molar-refractivity contribution in [2.45, 2.75) is 82.4 Å². The number of ether oxygens (including phenoxy) is 1. The molecule has 2 N–H and O–H groups in total. The molecule has 35 heavy (non-hydrogen) atoms. The average molecular weight is 503 g/mol. The number of aliphatic hydroxyl groups excluding tert-OH is 1. The highest BCUT2D eigenvalue weighted by atomic mass is 32.2. The van der Waals surface area contributed by atoms with Crippen LogP contribution in [0, 0.1) is 31.6 Å². The molecule has 192 valence electrons. The molecular formula is C27H38N2O5S. The minimum absolute atomic E-state index is 0.209. The lowest BCUT2D eigenvalue weighted by Gasteiger charge is -2.37. The first-order valence-electron chi connectivity index (χ1n) is 12.7. The number of hydrogen-bond donors (Lipinski definition) is 2. The number of aryl methyl sites for hydroxylation is 2. The summed E-state index contributed by atoms with van der Waals surface area (Å²) in [5.74, 6) is -1.84. The molecule has 3 heterocycles. The number of carbonyl (C=O) groups excluding carboxylic acids is 3. The van der Waals surface area contributed by atoms with Gasteiger partial charge in [-0.05, 0) is 70.1 Å². The molecular weight excluding hydrogens is 464 g/mol. The number of nitrogens with one attached hydrogen (secondary N) is 1. The molecule has 3 fully saturated rings. The number of aliphatic hydroxyl groups is 1. The topological polar surface area (TPSA) is 95.9 Å². The number of anilines is 1. The Labute approximate surface area is 212 Å². The maximum Gasteiger partial charge on any atom is 0.311 e. The lowest BCUT2D eigenvalue weighted by Crippen LogP contribution is -2.55. The van der Waals surface area contributed by atoms with Crippen molar-refractivity contribution < 1.29 is 24.2 Å². The standard InChI is InChI=1S/C27H38N2O5S/c1-7-34-25(33)21-20-24(32)29(18(14-30)12-15(2)3)22(27(20)11-10-26(21,6)35-27)23(31)28-19-13-16(4)8-9-17(19)5/h8-9,13,15,18,20-22,30H,7,10-12,14H2,1-6H3,(H,28,31)/t18-,20+,21-,22?,26+,27?/m1/s1. The average Bonchev–Trinajstić information content (AvgIpc) is 3.35. The van der Waals surface area contributed by atoms with Gasteiger partial charge in [0, 0.05) is 10.4 Å². The number of carbonyl (C=O) groups is 3. The Morgan fingerprint density at radius 2 is 2.00 bits per heavy atom. The summed E-state index contributed by atoms with van der Waals surface area (Å²) in [5.41, 5.74) is 2.69. The van der Waals surface area contributed by atoms with Crippen LogP contribution in [-0.2, 0) is 19.1 Å². The summed E-state index contributed by atoms with van der Waals surface area (Å²) < 4.78 is 4.25. The number of hydrogen-bond acceptors (Lipinski definition) is 6. The summed E-state index contributed by atoms with van der Waals surface area (Å²) in [6.07, 6.45) is 1.98. The zero-order valence-electron chi connectivity index (χ0n) is 21.6. The van der Waals surface area contributed by atoms with Crippen molar-refractivity contribution in [2.75, 3.05) is 18.5 Å². The molecule has 0 aromatic heterocycles. The van der Waals surface area contributed by atoms with Crippen LogP contribution in [0.3, 0.4) is 0 Å². The molecule has 0 saturated carbocycles. The predicted octanol–water partition coefficient (Wildman–Crippen LogP) is 3.69. The second kappa shape index (κ2) is 9.43. The number of amides is 2. The zero-order chi connectivity index (χ0) is 25.7. The van der Waals surface area contributed by atoms with E-state index in [0.717, 1.165) is 23.2 Å². The predicted molar refractivity (Wildman–Crippen MR) is 137 cm³/mol. The van der Waals surface area contributed by atoms with Gasteiger partial charge in [-0.1, -0.05) is 26.0 Å². The molecule has 1 aromatic carbocycles. The van der Waals surface area contributed by atoms with E-state index >= 15 is 0 Å². The van der Waals surface area contributed by atoms with Crippen LogP contribution in [0.4, 0.5) is 5.69 Å². The fourth-order valence-corrected chi connectivity index (χ4v) is 8.87. The highest BCUT2D eigenvalue weighted by Gasteiger charge is 2.78. The van der Waals surface area contributed by atoms with Gasteiger partial charge < -0.3 is 20.1 Å². The summed E-state index contributed by atoms with van der Waals surface area (Å²) >= 11 is 1.62. The van der Waals surface area contributed by atoms with Crippen LogP contribution in [0.5, 0.6) is 0 Å². The van der Waals surface area contributed by atoms with E-state index in [1.165, 1.54) is 0 Å². The van der Waals surface area contributed by atoms with Crippen LogP contribution in [0.15, 0.2) is 18.2 Å². The fourth-order valence-electron chi connectivity index (χ4n) is 6.54. The first-order valence-corrected chi connectivity index (χ1v) is 13.5. The van der Waals surface area contributed by atoms with E-state index in [0.29, 0.717) is 12.8 Å². The monoisotopic (exact) mass is 502 g/mol. The minimum atomic E-state index is -0.776. The Morgan fingerprint density at radius 1 is 1.29 bits per heavy atom. The smallest absolute Gasteiger partial charge is 0.311 e. The van der Waals surface area contributed by atoms with E-state index in [-0.39, 0.29) is 36.9 Å². The molecule has 2 amide bonds. The Kier molecular flexibility index (Phi) is 7.01. The van der Waals surface area contributed by atoms with Gasteiger partial charge in [0.15, 0.2) is 0 Å². The molecule has 2 unspecified atom stereocenters. The van der Waals surface area contributed by atoms with E-state index in [9.17, 15) is 19.5 Å². The fraction of sp³-hybridized carbons (Fsp3) is 0.667.